The number of carbonyl (C=O) groups excluding carboxylic acids is 2. The average molecular weight is 230 g/mol. The van der Waals surface area contributed by atoms with E-state index in [0.29, 0.717) is 13.0 Å². The van der Waals surface area contributed by atoms with Crippen LogP contribution in [-0.4, -0.2) is 36.1 Å². The molecule has 16 heavy (non-hydrogen) atoms. The van der Waals surface area contributed by atoms with Crippen molar-refractivity contribution in [1.82, 2.24) is 10.6 Å². The first kappa shape index (κ1) is 14.9. The summed E-state index contributed by atoms with van der Waals surface area (Å²) in [6, 6.07) is -0.174. The molecule has 0 aliphatic heterocycles. The van der Waals surface area contributed by atoms with Crippen LogP contribution in [0.1, 0.15) is 39.5 Å². The fourth-order valence-electron chi connectivity index (χ4n) is 1.24. The largest absolute Gasteiger partial charge is 0.394 e. The lowest BCUT2D eigenvalue weighted by Crippen LogP contribution is -2.34. The summed E-state index contributed by atoms with van der Waals surface area (Å²) in [5.41, 5.74) is 0. The van der Waals surface area contributed by atoms with E-state index in [9.17, 15) is 9.59 Å². The van der Waals surface area contributed by atoms with E-state index in [-0.39, 0.29) is 24.5 Å². The highest BCUT2D eigenvalue weighted by molar-refractivity contribution is 5.76. The summed E-state index contributed by atoms with van der Waals surface area (Å²) in [7, 11) is 0. The van der Waals surface area contributed by atoms with Crippen LogP contribution < -0.4 is 10.6 Å². The van der Waals surface area contributed by atoms with Crippen molar-refractivity contribution in [1.29, 1.82) is 0 Å². The molecule has 0 saturated carbocycles. The maximum Gasteiger partial charge on any atom is 0.220 e. The zero-order chi connectivity index (χ0) is 12.4. The molecule has 2 amide bonds. The molecule has 0 aromatic heterocycles. The first-order valence-corrected chi connectivity index (χ1v) is 5.71. The molecule has 94 valence electrons. The molecule has 5 nitrogen and oxygen atoms in total. The van der Waals surface area contributed by atoms with E-state index in [2.05, 4.69) is 10.6 Å². The summed E-state index contributed by atoms with van der Waals surface area (Å²) in [5.74, 6) is -0.0457. The Hall–Kier alpha value is -1.10. The van der Waals surface area contributed by atoms with Crippen molar-refractivity contribution < 1.29 is 14.7 Å². The van der Waals surface area contributed by atoms with Gasteiger partial charge in [-0.3, -0.25) is 9.59 Å². The Morgan fingerprint density at radius 3 is 2.50 bits per heavy atom. The van der Waals surface area contributed by atoms with Crippen LogP contribution in [0.2, 0.25) is 0 Å². The van der Waals surface area contributed by atoms with E-state index < -0.39 is 0 Å². The number of amides is 2. The minimum atomic E-state index is -0.174. The van der Waals surface area contributed by atoms with Gasteiger partial charge < -0.3 is 15.7 Å². The predicted octanol–water partition coefficient (Wildman–Crippen LogP) is 0.180. The first-order chi connectivity index (χ1) is 7.56. The fourth-order valence-corrected chi connectivity index (χ4v) is 1.24. The van der Waals surface area contributed by atoms with E-state index in [0.717, 1.165) is 19.3 Å². The molecule has 0 aliphatic rings. The Morgan fingerprint density at radius 1 is 1.25 bits per heavy atom. The standard InChI is InChI=1S/C11H22N2O3/c1-9(8-14)13-11(16)6-4-3-5-7-12-10(2)15/h9,14H,3-8H2,1-2H3,(H,12,15)(H,13,16)/t9-/m1/s1. The number of hydrogen-bond donors (Lipinski definition) is 3. The van der Waals surface area contributed by atoms with Crippen LogP contribution in [0.15, 0.2) is 0 Å². The van der Waals surface area contributed by atoms with Crippen LogP contribution >= 0.6 is 0 Å². The number of unbranched alkanes of at least 4 members (excludes halogenated alkanes) is 2. The zero-order valence-electron chi connectivity index (χ0n) is 10.1. The Labute approximate surface area is 96.6 Å². The minimum Gasteiger partial charge on any atom is -0.394 e. The molecule has 0 fully saturated rings. The van der Waals surface area contributed by atoms with Gasteiger partial charge in [0.15, 0.2) is 0 Å². The molecule has 0 bridgehead atoms. The first-order valence-electron chi connectivity index (χ1n) is 5.71. The van der Waals surface area contributed by atoms with Crippen molar-refractivity contribution in [2.24, 2.45) is 0 Å². The SMILES string of the molecule is CC(=O)NCCCCCC(=O)N[C@H](C)CO. The summed E-state index contributed by atoms with van der Waals surface area (Å²) < 4.78 is 0. The third-order valence-corrected chi connectivity index (χ3v) is 2.14. The summed E-state index contributed by atoms with van der Waals surface area (Å²) in [5, 5.41) is 14.1. The van der Waals surface area contributed by atoms with Crippen molar-refractivity contribution in [3.8, 4) is 0 Å². The van der Waals surface area contributed by atoms with E-state index in [4.69, 9.17) is 5.11 Å². The van der Waals surface area contributed by atoms with Crippen LogP contribution in [0.4, 0.5) is 0 Å². The molecule has 0 spiro atoms. The summed E-state index contributed by atoms with van der Waals surface area (Å²) in [6.07, 6.45) is 3.09. The Morgan fingerprint density at radius 2 is 1.94 bits per heavy atom. The molecular weight excluding hydrogens is 208 g/mol. The van der Waals surface area contributed by atoms with Crippen LogP contribution in [0.3, 0.4) is 0 Å². The van der Waals surface area contributed by atoms with Gasteiger partial charge >= 0.3 is 0 Å². The van der Waals surface area contributed by atoms with Gasteiger partial charge in [-0.05, 0) is 19.8 Å². The van der Waals surface area contributed by atoms with Gasteiger partial charge in [0.05, 0.1) is 6.61 Å². The lowest BCUT2D eigenvalue weighted by molar-refractivity contribution is -0.122. The lowest BCUT2D eigenvalue weighted by Gasteiger charge is -2.10. The topological polar surface area (TPSA) is 78.4 Å². The van der Waals surface area contributed by atoms with Crippen LogP contribution in [0, 0.1) is 0 Å². The van der Waals surface area contributed by atoms with Gasteiger partial charge in [0.1, 0.15) is 0 Å². The highest BCUT2D eigenvalue weighted by Gasteiger charge is 2.05. The van der Waals surface area contributed by atoms with Crippen LogP contribution in [-0.2, 0) is 9.59 Å². The molecule has 5 heteroatoms. The maximum absolute atomic E-state index is 11.3. The van der Waals surface area contributed by atoms with Crippen LogP contribution in [0.25, 0.3) is 0 Å². The minimum absolute atomic E-state index is 0.0190. The second-order valence-electron chi connectivity index (χ2n) is 3.94. The van der Waals surface area contributed by atoms with Gasteiger partial charge in [0.2, 0.25) is 11.8 Å². The Balaban J connectivity index is 3.31. The summed E-state index contributed by atoms with van der Waals surface area (Å²) in [6.45, 7) is 3.89. The second-order valence-corrected chi connectivity index (χ2v) is 3.94. The monoisotopic (exact) mass is 230 g/mol. The third-order valence-electron chi connectivity index (χ3n) is 2.14. The van der Waals surface area contributed by atoms with Crippen molar-refractivity contribution >= 4 is 11.8 Å². The molecule has 0 rings (SSSR count). The van der Waals surface area contributed by atoms with Crippen molar-refractivity contribution in [2.75, 3.05) is 13.2 Å². The number of carbonyl (C=O) groups is 2. The average Bonchev–Trinajstić information content (AvgIpc) is 2.22. The molecule has 0 heterocycles. The molecule has 0 unspecified atom stereocenters. The summed E-state index contributed by atoms with van der Waals surface area (Å²) in [4.78, 5) is 21.8. The highest BCUT2D eigenvalue weighted by atomic mass is 16.3. The maximum atomic E-state index is 11.3. The van der Waals surface area contributed by atoms with Gasteiger partial charge in [-0.1, -0.05) is 6.42 Å². The van der Waals surface area contributed by atoms with E-state index in [1.165, 1.54) is 6.92 Å². The van der Waals surface area contributed by atoms with Gasteiger partial charge in [0.25, 0.3) is 0 Å². The van der Waals surface area contributed by atoms with Gasteiger partial charge in [-0.2, -0.15) is 0 Å². The number of rotatable bonds is 8. The molecule has 0 aromatic carbocycles. The Bertz CT molecular complexity index is 219. The molecule has 0 radical (unpaired) electrons. The molecule has 0 aliphatic carbocycles. The van der Waals surface area contributed by atoms with Gasteiger partial charge in [-0.15, -0.1) is 0 Å². The van der Waals surface area contributed by atoms with Crippen molar-refractivity contribution in [3.63, 3.8) is 0 Å². The normalized spacial score (nSPS) is 11.9. The van der Waals surface area contributed by atoms with Crippen LogP contribution in [0.5, 0.6) is 0 Å². The number of aliphatic hydroxyl groups excluding tert-OH is 1. The second kappa shape index (κ2) is 9.15. The zero-order valence-corrected chi connectivity index (χ0v) is 10.1. The smallest absolute Gasteiger partial charge is 0.220 e. The van der Waals surface area contributed by atoms with E-state index in [1.54, 1.807) is 6.92 Å². The molecular formula is C11H22N2O3. The van der Waals surface area contributed by atoms with Crippen molar-refractivity contribution in [2.45, 2.75) is 45.6 Å². The van der Waals surface area contributed by atoms with Crippen molar-refractivity contribution in [3.05, 3.63) is 0 Å². The quantitative estimate of drug-likeness (QED) is 0.520. The molecule has 0 aromatic rings. The number of nitrogens with one attached hydrogen (secondary N) is 2. The lowest BCUT2D eigenvalue weighted by atomic mass is 10.2. The number of hydrogen-bond acceptors (Lipinski definition) is 3. The van der Waals surface area contributed by atoms with E-state index in [1.807, 2.05) is 0 Å². The number of aliphatic hydroxyl groups is 1. The van der Waals surface area contributed by atoms with Gasteiger partial charge in [0, 0.05) is 25.9 Å². The highest BCUT2D eigenvalue weighted by Crippen LogP contribution is 1.99. The van der Waals surface area contributed by atoms with E-state index >= 15 is 0 Å². The molecule has 3 N–H and O–H groups in total. The third kappa shape index (κ3) is 9.45. The predicted molar refractivity (Wildman–Crippen MR) is 61.8 cm³/mol. The fraction of sp³-hybridized carbons (Fsp3) is 0.818. The molecule has 0 saturated heterocycles. The molecule has 1 atom stereocenters. The summed E-state index contributed by atoms with van der Waals surface area (Å²) >= 11 is 0. The Kier molecular flexibility index (Phi) is 8.52. The van der Waals surface area contributed by atoms with Gasteiger partial charge in [-0.25, -0.2) is 0 Å².